The maximum absolute atomic E-state index is 13.3. The van der Waals surface area contributed by atoms with E-state index in [9.17, 15) is 13.6 Å². The average molecular weight is 255 g/mol. The van der Waals surface area contributed by atoms with Gasteiger partial charge in [0.25, 0.3) is 0 Å². The van der Waals surface area contributed by atoms with E-state index in [2.05, 4.69) is 16.0 Å². The number of benzene rings is 1. The lowest BCUT2D eigenvalue weighted by Crippen LogP contribution is -2.47. The van der Waals surface area contributed by atoms with Gasteiger partial charge >= 0.3 is 6.03 Å². The zero-order valence-electron chi connectivity index (χ0n) is 9.80. The molecule has 2 rings (SSSR count). The SMILES string of the molecule is O=C(Nc1ccc(F)cc1F)NC1CCCNC1. The fourth-order valence-electron chi connectivity index (χ4n) is 1.91. The Morgan fingerprint density at radius 1 is 1.39 bits per heavy atom. The third kappa shape index (κ3) is 3.40. The smallest absolute Gasteiger partial charge is 0.319 e. The molecule has 0 aromatic heterocycles. The van der Waals surface area contributed by atoms with Gasteiger partial charge in [-0.15, -0.1) is 0 Å². The Hall–Kier alpha value is -1.69. The number of anilines is 1. The van der Waals surface area contributed by atoms with Gasteiger partial charge in [0, 0.05) is 18.7 Å². The van der Waals surface area contributed by atoms with Crippen LogP contribution in [0.4, 0.5) is 19.3 Å². The lowest BCUT2D eigenvalue weighted by atomic mass is 10.1. The van der Waals surface area contributed by atoms with E-state index in [0.29, 0.717) is 6.54 Å². The summed E-state index contributed by atoms with van der Waals surface area (Å²) < 4.78 is 26.0. The average Bonchev–Trinajstić information content (AvgIpc) is 2.34. The summed E-state index contributed by atoms with van der Waals surface area (Å²) in [5, 5.41) is 8.26. The second-order valence-electron chi connectivity index (χ2n) is 4.27. The van der Waals surface area contributed by atoms with Crippen molar-refractivity contribution in [3.8, 4) is 0 Å². The number of hydrogen-bond acceptors (Lipinski definition) is 2. The lowest BCUT2D eigenvalue weighted by Gasteiger charge is -2.23. The first-order valence-corrected chi connectivity index (χ1v) is 5.88. The third-order valence-electron chi connectivity index (χ3n) is 2.81. The topological polar surface area (TPSA) is 53.2 Å². The van der Waals surface area contributed by atoms with Gasteiger partial charge < -0.3 is 16.0 Å². The molecule has 1 fully saturated rings. The largest absolute Gasteiger partial charge is 0.334 e. The fourth-order valence-corrected chi connectivity index (χ4v) is 1.91. The van der Waals surface area contributed by atoms with Crippen molar-refractivity contribution in [2.45, 2.75) is 18.9 Å². The van der Waals surface area contributed by atoms with Gasteiger partial charge in [0.1, 0.15) is 11.6 Å². The molecule has 1 heterocycles. The van der Waals surface area contributed by atoms with E-state index in [1.807, 2.05) is 0 Å². The number of nitrogens with one attached hydrogen (secondary N) is 3. The van der Waals surface area contributed by atoms with Crippen molar-refractivity contribution in [3.05, 3.63) is 29.8 Å². The van der Waals surface area contributed by atoms with Gasteiger partial charge in [0.2, 0.25) is 0 Å². The van der Waals surface area contributed by atoms with Crippen LogP contribution >= 0.6 is 0 Å². The molecular formula is C12H15F2N3O. The Bertz CT molecular complexity index is 433. The predicted octanol–water partition coefficient (Wildman–Crippen LogP) is 1.84. The van der Waals surface area contributed by atoms with Gasteiger partial charge in [-0.3, -0.25) is 0 Å². The molecule has 18 heavy (non-hydrogen) atoms. The Kier molecular flexibility index (Phi) is 4.09. The summed E-state index contributed by atoms with van der Waals surface area (Å²) in [4.78, 5) is 11.6. The highest BCUT2D eigenvalue weighted by Gasteiger charge is 2.16. The molecule has 6 heteroatoms. The number of hydrogen-bond donors (Lipinski definition) is 3. The van der Waals surface area contributed by atoms with Gasteiger partial charge in [-0.2, -0.15) is 0 Å². The van der Waals surface area contributed by atoms with Crippen LogP contribution in [-0.2, 0) is 0 Å². The fraction of sp³-hybridized carbons (Fsp3) is 0.417. The van der Waals surface area contributed by atoms with Crippen molar-refractivity contribution < 1.29 is 13.6 Å². The van der Waals surface area contributed by atoms with Crippen LogP contribution in [0.1, 0.15) is 12.8 Å². The third-order valence-corrected chi connectivity index (χ3v) is 2.81. The van der Waals surface area contributed by atoms with E-state index in [1.54, 1.807) is 0 Å². The molecule has 0 bridgehead atoms. The van der Waals surface area contributed by atoms with E-state index in [-0.39, 0.29) is 11.7 Å². The summed E-state index contributed by atoms with van der Waals surface area (Å²) in [6.45, 7) is 1.66. The number of carbonyl (C=O) groups is 1. The number of rotatable bonds is 2. The number of amides is 2. The van der Waals surface area contributed by atoms with E-state index < -0.39 is 17.7 Å². The highest BCUT2D eigenvalue weighted by Crippen LogP contribution is 2.14. The molecule has 98 valence electrons. The summed E-state index contributed by atoms with van der Waals surface area (Å²) in [7, 11) is 0. The van der Waals surface area contributed by atoms with Crippen molar-refractivity contribution in [2.75, 3.05) is 18.4 Å². The Morgan fingerprint density at radius 3 is 2.89 bits per heavy atom. The second-order valence-corrected chi connectivity index (χ2v) is 4.27. The molecule has 4 nitrogen and oxygen atoms in total. The summed E-state index contributed by atoms with van der Waals surface area (Å²) in [6, 6.07) is 2.60. The van der Waals surface area contributed by atoms with Crippen molar-refractivity contribution in [2.24, 2.45) is 0 Å². The van der Waals surface area contributed by atoms with Crippen molar-refractivity contribution in [1.29, 1.82) is 0 Å². The highest BCUT2D eigenvalue weighted by molar-refractivity contribution is 5.89. The summed E-state index contributed by atoms with van der Waals surface area (Å²) in [5.74, 6) is -1.46. The van der Waals surface area contributed by atoms with E-state index in [4.69, 9.17) is 0 Å². The maximum Gasteiger partial charge on any atom is 0.319 e. The van der Waals surface area contributed by atoms with Crippen molar-refractivity contribution in [1.82, 2.24) is 10.6 Å². The molecule has 1 atom stereocenters. The maximum atomic E-state index is 13.3. The van der Waals surface area contributed by atoms with Crippen LogP contribution in [0.25, 0.3) is 0 Å². The van der Waals surface area contributed by atoms with Crippen LogP contribution in [0.5, 0.6) is 0 Å². The first-order valence-electron chi connectivity index (χ1n) is 5.88. The number of urea groups is 1. The standard InChI is InChI=1S/C12H15F2N3O/c13-8-3-4-11(10(14)6-8)17-12(18)16-9-2-1-5-15-7-9/h3-4,6,9,15H,1-2,5,7H2,(H2,16,17,18). The minimum atomic E-state index is -0.785. The van der Waals surface area contributed by atoms with Crippen LogP contribution in [0.2, 0.25) is 0 Å². The Balaban J connectivity index is 1.90. The Labute approximate surface area is 104 Å². The van der Waals surface area contributed by atoms with Crippen molar-refractivity contribution >= 4 is 11.7 Å². The van der Waals surface area contributed by atoms with Gasteiger partial charge in [-0.25, -0.2) is 13.6 Å². The van der Waals surface area contributed by atoms with Gasteiger partial charge in [0.05, 0.1) is 5.69 Å². The molecule has 3 N–H and O–H groups in total. The number of halogens is 2. The Morgan fingerprint density at radius 2 is 2.22 bits per heavy atom. The zero-order chi connectivity index (χ0) is 13.0. The molecule has 1 aliphatic heterocycles. The molecule has 1 aromatic carbocycles. The van der Waals surface area contributed by atoms with Crippen LogP contribution in [-0.4, -0.2) is 25.2 Å². The van der Waals surface area contributed by atoms with E-state index in [0.717, 1.165) is 31.5 Å². The summed E-state index contributed by atoms with van der Waals surface area (Å²) in [5.41, 5.74) is -0.0299. The summed E-state index contributed by atoms with van der Waals surface area (Å²) >= 11 is 0. The first-order chi connectivity index (χ1) is 8.65. The summed E-state index contributed by atoms with van der Waals surface area (Å²) in [6.07, 6.45) is 1.89. The lowest BCUT2D eigenvalue weighted by molar-refractivity contribution is 0.245. The van der Waals surface area contributed by atoms with Crippen LogP contribution in [0.15, 0.2) is 18.2 Å². The molecule has 1 unspecified atom stereocenters. The molecule has 0 aliphatic carbocycles. The van der Waals surface area contributed by atoms with Crippen LogP contribution in [0, 0.1) is 11.6 Å². The monoisotopic (exact) mass is 255 g/mol. The molecule has 1 saturated heterocycles. The number of piperidine rings is 1. The molecule has 1 aliphatic rings. The normalized spacial score (nSPS) is 19.3. The van der Waals surface area contributed by atoms with Gasteiger partial charge in [-0.05, 0) is 31.5 Å². The predicted molar refractivity (Wildman–Crippen MR) is 64.4 cm³/mol. The zero-order valence-corrected chi connectivity index (χ0v) is 9.80. The molecule has 0 spiro atoms. The second kappa shape index (κ2) is 5.77. The highest BCUT2D eigenvalue weighted by atomic mass is 19.1. The molecule has 0 radical (unpaired) electrons. The van der Waals surface area contributed by atoms with E-state index >= 15 is 0 Å². The quantitative estimate of drug-likeness (QED) is 0.755. The van der Waals surface area contributed by atoms with Crippen LogP contribution < -0.4 is 16.0 Å². The number of carbonyl (C=O) groups excluding carboxylic acids is 1. The minimum Gasteiger partial charge on any atom is -0.334 e. The van der Waals surface area contributed by atoms with E-state index in [1.165, 1.54) is 6.07 Å². The van der Waals surface area contributed by atoms with Crippen molar-refractivity contribution in [3.63, 3.8) is 0 Å². The van der Waals surface area contributed by atoms with Gasteiger partial charge in [-0.1, -0.05) is 0 Å². The molecule has 2 amide bonds. The molecule has 1 aromatic rings. The molecule has 0 saturated carbocycles. The van der Waals surface area contributed by atoms with Crippen LogP contribution in [0.3, 0.4) is 0 Å². The first kappa shape index (κ1) is 12.8. The molecular weight excluding hydrogens is 240 g/mol. The minimum absolute atomic E-state index is 0.0299. The van der Waals surface area contributed by atoms with Gasteiger partial charge in [0.15, 0.2) is 0 Å².